The first-order valence-corrected chi connectivity index (χ1v) is 8.24. The summed E-state index contributed by atoms with van der Waals surface area (Å²) in [5.74, 6) is 0. The van der Waals surface area contributed by atoms with Gasteiger partial charge in [-0.25, -0.2) is 13.1 Å². The first kappa shape index (κ1) is 15.9. The molecule has 1 aliphatic carbocycles. The second-order valence-corrected chi connectivity index (χ2v) is 8.05. The SMILES string of the molecule is CC1(C)C(O)CC1NS(=O)(=O)c1c(N)cc(Cl)cc1Cl. The maximum Gasteiger partial charge on any atom is 0.244 e. The maximum absolute atomic E-state index is 12.4. The third-order valence-electron chi connectivity index (χ3n) is 3.82. The van der Waals surface area contributed by atoms with Gasteiger partial charge in [-0.1, -0.05) is 37.0 Å². The molecule has 0 amide bonds. The van der Waals surface area contributed by atoms with Crippen LogP contribution in [0, 0.1) is 5.41 Å². The lowest BCUT2D eigenvalue weighted by Gasteiger charge is -2.49. The molecule has 1 saturated carbocycles. The van der Waals surface area contributed by atoms with Gasteiger partial charge in [-0.3, -0.25) is 0 Å². The van der Waals surface area contributed by atoms with E-state index in [0.717, 1.165) is 0 Å². The second kappa shape index (κ2) is 5.03. The lowest BCUT2D eigenvalue weighted by molar-refractivity contribution is -0.0645. The van der Waals surface area contributed by atoms with Crippen molar-refractivity contribution in [2.75, 3.05) is 5.73 Å². The van der Waals surface area contributed by atoms with Crippen molar-refractivity contribution < 1.29 is 13.5 Å². The molecule has 2 rings (SSSR count). The molecule has 1 aliphatic rings. The van der Waals surface area contributed by atoms with Gasteiger partial charge < -0.3 is 10.8 Å². The van der Waals surface area contributed by atoms with E-state index in [4.69, 9.17) is 28.9 Å². The fourth-order valence-electron chi connectivity index (χ4n) is 2.21. The third kappa shape index (κ3) is 2.63. The summed E-state index contributed by atoms with van der Waals surface area (Å²) < 4.78 is 27.3. The maximum atomic E-state index is 12.4. The molecule has 0 radical (unpaired) electrons. The molecule has 5 nitrogen and oxygen atoms in total. The molecule has 2 atom stereocenters. The molecule has 0 aromatic heterocycles. The van der Waals surface area contributed by atoms with Crippen molar-refractivity contribution in [2.24, 2.45) is 5.41 Å². The molecule has 4 N–H and O–H groups in total. The van der Waals surface area contributed by atoms with E-state index in [1.54, 1.807) is 13.8 Å². The van der Waals surface area contributed by atoms with E-state index in [1.807, 2.05) is 0 Å². The number of nitrogens with two attached hydrogens (primary N) is 1. The summed E-state index contributed by atoms with van der Waals surface area (Å²) in [6.45, 7) is 3.59. The van der Waals surface area contributed by atoms with Crippen LogP contribution in [-0.2, 0) is 10.0 Å². The number of aliphatic hydroxyl groups excluding tert-OH is 1. The van der Waals surface area contributed by atoms with Crippen LogP contribution in [0.25, 0.3) is 0 Å². The molecule has 0 aliphatic heterocycles. The minimum atomic E-state index is -3.87. The van der Waals surface area contributed by atoms with Gasteiger partial charge in [-0.05, 0) is 18.6 Å². The van der Waals surface area contributed by atoms with E-state index in [9.17, 15) is 13.5 Å². The van der Waals surface area contributed by atoms with E-state index in [2.05, 4.69) is 4.72 Å². The summed E-state index contributed by atoms with van der Waals surface area (Å²) in [7, 11) is -3.87. The zero-order valence-electron chi connectivity index (χ0n) is 11.0. The predicted molar refractivity (Wildman–Crippen MR) is 79.4 cm³/mol. The highest BCUT2D eigenvalue weighted by Crippen LogP contribution is 2.42. The third-order valence-corrected chi connectivity index (χ3v) is 6.04. The normalized spacial score (nSPS) is 25.2. The number of nitrogen functional groups attached to an aromatic ring is 1. The molecule has 0 spiro atoms. The average Bonchev–Trinajstić information content (AvgIpc) is 2.26. The summed E-state index contributed by atoms with van der Waals surface area (Å²) in [4.78, 5) is -0.180. The Morgan fingerprint density at radius 2 is 2.00 bits per heavy atom. The van der Waals surface area contributed by atoms with Crippen LogP contribution >= 0.6 is 23.2 Å². The van der Waals surface area contributed by atoms with E-state index in [0.29, 0.717) is 6.42 Å². The van der Waals surface area contributed by atoms with Gasteiger partial charge in [0.2, 0.25) is 10.0 Å². The Morgan fingerprint density at radius 1 is 1.40 bits per heavy atom. The molecule has 0 saturated heterocycles. The highest BCUT2D eigenvalue weighted by atomic mass is 35.5. The standard InChI is InChI=1S/C12H16Cl2N2O3S/c1-12(2)9(5-10(12)17)16-20(18,19)11-7(14)3-6(13)4-8(11)15/h3-4,9-10,16-17H,5,15H2,1-2H3. The van der Waals surface area contributed by atoms with Crippen LogP contribution in [0.4, 0.5) is 5.69 Å². The zero-order valence-corrected chi connectivity index (χ0v) is 13.4. The lowest BCUT2D eigenvalue weighted by Crippen LogP contribution is -2.61. The van der Waals surface area contributed by atoms with Gasteiger partial charge in [0, 0.05) is 16.5 Å². The lowest BCUT2D eigenvalue weighted by atomic mass is 9.65. The van der Waals surface area contributed by atoms with E-state index in [1.165, 1.54) is 12.1 Å². The first-order chi connectivity index (χ1) is 9.05. The Labute approximate surface area is 128 Å². The van der Waals surface area contributed by atoms with Crippen molar-refractivity contribution in [3.63, 3.8) is 0 Å². The van der Waals surface area contributed by atoms with E-state index in [-0.39, 0.29) is 26.7 Å². The smallest absolute Gasteiger partial charge is 0.244 e. The van der Waals surface area contributed by atoms with Crippen molar-refractivity contribution in [3.8, 4) is 0 Å². The fraction of sp³-hybridized carbons (Fsp3) is 0.500. The molecule has 20 heavy (non-hydrogen) atoms. The molecule has 1 aromatic carbocycles. The Morgan fingerprint density at radius 3 is 2.45 bits per heavy atom. The number of aliphatic hydroxyl groups is 1. The van der Waals surface area contributed by atoms with Gasteiger partial charge in [0.1, 0.15) is 4.90 Å². The first-order valence-electron chi connectivity index (χ1n) is 6.00. The Kier molecular flexibility index (Phi) is 3.99. The van der Waals surface area contributed by atoms with Crippen molar-refractivity contribution in [1.82, 2.24) is 4.72 Å². The van der Waals surface area contributed by atoms with Gasteiger partial charge in [0.05, 0.1) is 16.8 Å². The summed E-state index contributed by atoms with van der Waals surface area (Å²) in [5, 5.41) is 9.90. The molecule has 0 heterocycles. The number of anilines is 1. The molecule has 112 valence electrons. The molecular formula is C12H16Cl2N2O3S. The number of sulfonamides is 1. The summed E-state index contributed by atoms with van der Waals surface area (Å²) in [6, 6.07) is 2.30. The van der Waals surface area contributed by atoms with Crippen LogP contribution in [0.5, 0.6) is 0 Å². The van der Waals surface area contributed by atoms with Gasteiger partial charge >= 0.3 is 0 Å². The van der Waals surface area contributed by atoms with Crippen LogP contribution in [-0.4, -0.2) is 25.7 Å². The fourth-order valence-corrected chi connectivity index (χ4v) is 4.60. The van der Waals surface area contributed by atoms with Crippen LogP contribution in [0.1, 0.15) is 20.3 Å². The predicted octanol–water partition coefficient (Wildman–Crippen LogP) is 2.01. The number of halogens is 2. The Balaban J connectivity index is 2.33. The minimum Gasteiger partial charge on any atom is -0.398 e. The quantitative estimate of drug-likeness (QED) is 0.735. The Hall–Kier alpha value is -0.530. The molecular weight excluding hydrogens is 323 g/mol. The number of nitrogens with one attached hydrogen (secondary N) is 1. The van der Waals surface area contributed by atoms with Gasteiger partial charge in [0.25, 0.3) is 0 Å². The number of hydrogen-bond donors (Lipinski definition) is 3. The van der Waals surface area contributed by atoms with Crippen LogP contribution in [0.3, 0.4) is 0 Å². The number of hydrogen-bond acceptors (Lipinski definition) is 4. The topological polar surface area (TPSA) is 92.4 Å². The zero-order chi connectivity index (χ0) is 15.3. The van der Waals surface area contributed by atoms with Crippen LogP contribution in [0.2, 0.25) is 10.0 Å². The average molecular weight is 339 g/mol. The van der Waals surface area contributed by atoms with Crippen LogP contribution < -0.4 is 10.5 Å². The second-order valence-electron chi connectivity index (χ2n) is 5.55. The summed E-state index contributed by atoms with van der Waals surface area (Å²) >= 11 is 11.7. The molecule has 1 aromatic rings. The van der Waals surface area contributed by atoms with Gasteiger partial charge in [-0.15, -0.1) is 0 Å². The monoisotopic (exact) mass is 338 g/mol. The molecule has 8 heteroatoms. The van der Waals surface area contributed by atoms with E-state index >= 15 is 0 Å². The molecule has 0 bridgehead atoms. The number of rotatable bonds is 3. The van der Waals surface area contributed by atoms with Gasteiger partial charge in [-0.2, -0.15) is 0 Å². The van der Waals surface area contributed by atoms with Gasteiger partial charge in [0.15, 0.2) is 0 Å². The number of benzene rings is 1. The van der Waals surface area contributed by atoms with Crippen molar-refractivity contribution in [1.29, 1.82) is 0 Å². The summed E-state index contributed by atoms with van der Waals surface area (Å²) in [6.07, 6.45) is -0.176. The highest BCUT2D eigenvalue weighted by molar-refractivity contribution is 7.89. The molecule has 1 fully saturated rings. The highest BCUT2D eigenvalue weighted by Gasteiger charge is 2.49. The van der Waals surface area contributed by atoms with Crippen molar-refractivity contribution in [2.45, 2.75) is 37.3 Å². The van der Waals surface area contributed by atoms with Crippen molar-refractivity contribution >= 4 is 38.9 Å². The van der Waals surface area contributed by atoms with Crippen molar-refractivity contribution in [3.05, 3.63) is 22.2 Å². The Bertz CT molecular complexity index is 623. The van der Waals surface area contributed by atoms with Crippen LogP contribution in [0.15, 0.2) is 17.0 Å². The minimum absolute atomic E-state index is 0.00678. The largest absolute Gasteiger partial charge is 0.398 e. The summed E-state index contributed by atoms with van der Waals surface area (Å²) in [5.41, 5.74) is 5.17. The van der Waals surface area contributed by atoms with E-state index < -0.39 is 21.5 Å². The molecule has 2 unspecified atom stereocenters.